The molecule has 0 fully saturated rings. The van der Waals surface area contributed by atoms with Crippen molar-refractivity contribution in [2.75, 3.05) is 20.3 Å². The van der Waals surface area contributed by atoms with E-state index in [-0.39, 0.29) is 6.61 Å². The molecule has 2 N–H and O–H groups in total. The SMILES string of the molecule is CCOC(=O)C(O)C(O)c1ccc(OC)c(OCC)c1. The lowest BCUT2D eigenvalue weighted by atomic mass is 10.0. The van der Waals surface area contributed by atoms with Crippen LogP contribution in [0.5, 0.6) is 11.5 Å². The highest BCUT2D eigenvalue weighted by atomic mass is 16.5. The van der Waals surface area contributed by atoms with E-state index in [1.54, 1.807) is 19.1 Å². The van der Waals surface area contributed by atoms with E-state index in [1.807, 2.05) is 6.92 Å². The molecular formula is C14H20O6. The van der Waals surface area contributed by atoms with Gasteiger partial charge in [-0.3, -0.25) is 0 Å². The molecule has 6 heteroatoms. The summed E-state index contributed by atoms with van der Waals surface area (Å²) in [5.74, 6) is 0.0739. The second-order valence-corrected chi connectivity index (χ2v) is 3.99. The number of aliphatic hydroxyl groups is 2. The molecule has 0 aliphatic heterocycles. The van der Waals surface area contributed by atoms with Gasteiger partial charge in [-0.2, -0.15) is 0 Å². The lowest BCUT2D eigenvalue weighted by molar-refractivity contribution is -0.159. The highest BCUT2D eigenvalue weighted by Gasteiger charge is 2.27. The second-order valence-electron chi connectivity index (χ2n) is 3.99. The van der Waals surface area contributed by atoms with Crippen LogP contribution in [0.15, 0.2) is 18.2 Å². The summed E-state index contributed by atoms with van der Waals surface area (Å²) in [6.45, 7) is 4.00. The minimum atomic E-state index is -1.64. The normalized spacial score (nSPS) is 13.4. The molecule has 0 amide bonds. The van der Waals surface area contributed by atoms with Crippen molar-refractivity contribution in [1.29, 1.82) is 0 Å². The minimum absolute atomic E-state index is 0.134. The van der Waals surface area contributed by atoms with Crippen molar-refractivity contribution >= 4 is 5.97 Å². The third-order valence-electron chi connectivity index (χ3n) is 2.66. The molecule has 0 aliphatic carbocycles. The average Bonchev–Trinajstić information content (AvgIpc) is 2.46. The number of methoxy groups -OCH3 is 1. The van der Waals surface area contributed by atoms with Crippen molar-refractivity contribution in [2.45, 2.75) is 26.1 Å². The van der Waals surface area contributed by atoms with Gasteiger partial charge in [0.1, 0.15) is 6.10 Å². The first-order chi connectivity index (χ1) is 9.54. The van der Waals surface area contributed by atoms with Crippen molar-refractivity contribution in [3.63, 3.8) is 0 Å². The molecule has 20 heavy (non-hydrogen) atoms. The number of esters is 1. The van der Waals surface area contributed by atoms with E-state index < -0.39 is 18.2 Å². The number of ether oxygens (including phenoxy) is 3. The lowest BCUT2D eigenvalue weighted by Gasteiger charge is -2.18. The monoisotopic (exact) mass is 284 g/mol. The van der Waals surface area contributed by atoms with Crippen molar-refractivity contribution in [3.05, 3.63) is 23.8 Å². The predicted molar refractivity (Wildman–Crippen MR) is 71.8 cm³/mol. The smallest absolute Gasteiger partial charge is 0.338 e. The molecule has 112 valence electrons. The van der Waals surface area contributed by atoms with E-state index in [1.165, 1.54) is 13.2 Å². The number of carbonyl (C=O) groups is 1. The number of rotatable bonds is 7. The lowest BCUT2D eigenvalue weighted by Crippen LogP contribution is -2.29. The summed E-state index contributed by atoms with van der Waals surface area (Å²) in [6.07, 6.45) is -3.03. The Morgan fingerprint density at radius 2 is 1.90 bits per heavy atom. The Bertz CT molecular complexity index is 445. The summed E-state index contributed by atoms with van der Waals surface area (Å²) in [4.78, 5) is 11.4. The first kappa shape index (κ1) is 16.3. The highest BCUT2D eigenvalue weighted by molar-refractivity contribution is 5.75. The molecule has 0 spiro atoms. The summed E-state index contributed by atoms with van der Waals surface area (Å²) in [5, 5.41) is 19.7. The fourth-order valence-corrected chi connectivity index (χ4v) is 1.68. The van der Waals surface area contributed by atoms with Crippen molar-refractivity contribution in [3.8, 4) is 11.5 Å². The topological polar surface area (TPSA) is 85.2 Å². The van der Waals surface area contributed by atoms with Gasteiger partial charge in [0.15, 0.2) is 17.6 Å². The van der Waals surface area contributed by atoms with Gasteiger partial charge in [-0.05, 0) is 31.5 Å². The Hall–Kier alpha value is -1.79. The largest absolute Gasteiger partial charge is 0.493 e. The Kier molecular flexibility index (Phi) is 6.27. The number of hydrogen-bond acceptors (Lipinski definition) is 6. The number of aliphatic hydroxyl groups excluding tert-OH is 2. The third-order valence-corrected chi connectivity index (χ3v) is 2.66. The Balaban J connectivity index is 2.95. The third kappa shape index (κ3) is 3.85. The van der Waals surface area contributed by atoms with E-state index in [2.05, 4.69) is 4.74 Å². The molecule has 0 saturated heterocycles. The molecule has 1 rings (SSSR count). The van der Waals surface area contributed by atoms with Crippen molar-refractivity contribution in [1.82, 2.24) is 0 Å². The van der Waals surface area contributed by atoms with Gasteiger partial charge in [0.25, 0.3) is 0 Å². The Labute approximate surface area is 117 Å². The van der Waals surface area contributed by atoms with Gasteiger partial charge >= 0.3 is 5.97 Å². The van der Waals surface area contributed by atoms with Gasteiger partial charge in [0.2, 0.25) is 0 Å². The molecule has 6 nitrogen and oxygen atoms in total. The fourth-order valence-electron chi connectivity index (χ4n) is 1.68. The van der Waals surface area contributed by atoms with Gasteiger partial charge in [0.05, 0.1) is 20.3 Å². The molecule has 2 atom stereocenters. The van der Waals surface area contributed by atoms with E-state index in [9.17, 15) is 15.0 Å². The molecule has 0 bridgehead atoms. The van der Waals surface area contributed by atoms with Gasteiger partial charge in [-0.1, -0.05) is 6.07 Å². The summed E-state index contributed by atoms with van der Waals surface area (Å²) in [6, 6.07) is 4.67. The van der Waals surface area contributed by atoms with Crippen LogP contribution in [0.1, 0.15) is 25.5 Å². The number of hydrogen-bond donors (Lipinski definition) is 2. The van der Waals surface area contributed by atoms with Crippen LogP contribution in [0.25, 0.3) is 0 Å². The standard InChI is InChI=1S/C14H20O6/c1-4-19-11-8-9(6-7-10(11)18-3)12(15)13(16)14(17)20-5-2/h6-8,12-13,15-16H,4-5H2,1-3H3. The molecule has 0 aliphatic rings. The Morgan fingerprint density at radius 3 is 2.45 bits per heavy atom. The van der Waals surface area contributed by atoms with E-state index >= 15 is 0 Å². The van der Waals surface area contributed by atoms with Crippen LogP contribution in [0.3, 0.4) is 0 Å². The predicted octanol–water partition coefficient (Wildman–Crippen LogP) is 1.05. The van der Waals surface area contributed by atoms with Crippen LogP contribution in [-0.2, 0) is 9.53 Å². The molecule has 2 unspecified atom stereocenters. The highest BCUT2D eigenvalue weighted by Crippen LogP contribution is 2.31. The fraction of sp³-hybridized carbons (Fsp3) is 0.500. The molecule has 0 heterocycles. The zero-order chi connectivity index (χ0) is 15.1. The van der Waals surface area contributed by atoms with Crippen LogP contribution in [-0.4, -0.2) is 42.6 Å². The van der Waals surface area contributed by atoms with Crippen molar-refractivity contribution in [2.24, 2.45) is 0 Å². The maximum atomic E-state index is 11.4. The van der Waals surface area contributed by atoms with Crippen molar-refractivity contribution < 1.29 is 29.2 Å². The zero-order valence-electron chi connectivity index (χ0n) is 11.8. The van der Waals surface area contributed by atoms with E-state index in [4.69, 9.17) is 9.47 Å². The van der Waals surface area contributed by atoms with Crippen LogP contribution in [0, 0.1) is 0 Å². The van der Waals surface area contributed by atoms with Gasteiger partial charge in [-0.25, -0.2) is 4.79 Å². The van der Waals surface area contributed by atoms with Crippen LogP contribution < -0.4 is 9.47 Å². The number of benzene rings is 1. The maximum absolute atomic E-state index is 11.4. The van der Waals surface area contributed by atoms with Gasteiger partial charge in [0, 0.05) is 0 Å². The molecule has 1 aromatic carbocycles. The zero-order valence-corrected chi connectivity index (χ0v) is 11.8. The molecule has 1 aromatic rings. The van der Waals surface area contributed by atoms with E-state index in [0.717, 1.165) is 0 Å². The second kappa shape index (κ2) is 7.72. The van der Waals surface area contributed by atoms with Gasteiger partial charge in [-0.15, -0.1) is 0 Å². The van der Waals surface area contributed by atoms with E-state index in [0.29, 0.717) is 23.7 Å². The summed E-state index contributed by atoms with van der Waals surface area (Å²) < 4.78 is 15.2. The summed E-state index contributed by atoms with van der Waals surface area (Å²) in [7, 11) is 1.50. The first-order valence-corrected chi connectivity index (χ1v) is 6.38. The molecular weight excluding hydrogens is 264 g/mol. The molecule has 0 aromatic heterocycles. The quantitative estimate of drug-likeness (QED) is 0.728. The molecule has 0 saturated carbocycles. The van der Waals surface area contributed by atoms with Crippen LogP contribution >= 0.6 is 0 Å². The minimum Gasteiger partial charge on any atom is -0.493 e. The average molecular weight is 284 g/mol. The first-order valence-electron chi connectivity index (χ1n) is 6.38. The number of carbonyl (C=O) groups excluding carboxylic acids is 1. The van der Waals surface area contributed by atoms with Gasteiger partial charge < -0.3 is 24.4 Å². The summed E-state index contributed by atoms with van der Waals surface area (Å²) >= 11 is 0. The van der Waals surface area contributed by atoms with Crippen LogP contribution in [0.4, 0.5) is 0 Å². The van der Waals surface area contributed by atoms with Crippen LogP contribution in [0.2, 0.25) is 0 Å². The Morgan fingerprint density at radius 1 is 1.20 bits per heavy atom. The molecule has 0 radical (unpaired) electrons. The maximum Gasteiger partial charge on any atom is 0.338 e. The summed E-state index contributed by atoms with van der Waals surface area (Å²) in [5.41, 5.74) is 0.342.